The number of ether oxygens (including phenoxy) is 1. The maximum absolute atomic E-state index is 12.5. The Balaban J connectivity index is 1.43. The predicted molar refractivity (Wildman–Crippen MR) is 114 cm³/mol. The van der Waals surface area contributed by atoms with Gasteiger partial charge in [0.05, 0.1) is 12.8 Å². The Bertz CT molecular complexity index is 1160. The van der Waals surface area contributed by atoms with E-state index in [4.69, 9.17) is 4.74 Å². The smallest absolute Gasteiger partial charge is 0.251 e. The van der Waals surface area contributed by atoms with E-state index in [1.54, 1.807) is 55.6 Å². The van der Waals surface area contributed by atoms with Gasteiger partial charge < -0.3 is 15.4 Å². The number of carbonyl (C=O) groups excluding carboxylic acids is 1. The molecule has 3 N–H and O–H groups in total. The molecule has 0 unspecified atom stereocenters. The topological polar surface area (TPSA) is 96.5 Å². The Labute approximate surface area is 175 Å². The lowest BCUT2D eigenvalue weighted by Crippen LogP contribution is -2.38. The van der Waals surface area contributed by atoms with Crippen molar-refractivity contribution in [2.75, 3.05) is 12.4 Å². The van der Waals surface area contributed by atoms with Gasteiger partial charge >= 0.3 is 0 Å². The lowest BCUT2D eigenvalue weighted by molar-refractivity contribution is 0.0951. The van der Waals surface area contributed by atoms with Crippen molar-refractivity contribution in [2.24, 2.45) is 0 Å². The van der Waals surface area contributed by atoms with Crippen LogP contribution in [0.3, 0.4) is 0 Å². The van der Waals surface area contributed by atoms with Crippen molar-refractivity contribution < 1.29 is 17.9 Å². The highest BCUT2D eigenvalue weighted by molar-refractivity contribution is 7.89. The van der Waals surface area contributed by atoms with Crippen LogP contribution in [-0.2, 0) is 16.6 Å². The van der Waals surface area contributed by atoms with Crippen molar-refractivity contribution in [3.63, 3.8) is 0 Å². The molecule has 0 bridgehead atoms. The first-order valence-corrected chi connectivity index (χ1v) is 10.8. The third-order valence-electron chi connectivity index (χ3n) is 4.87. The number of benzene rings is 3. The molecular formula is C22H21N3O4S. The van der Waals surface area contributed by atoms with Crippen LogP contribution in [0.2, 0.25) is 0 Å². The molecule has 3 aromatic rings. The average molecular weight is 423 g/mol. The van der Waals surface area contributed by atoms with Crippen LogP contribution in [-0.4, -0.2) is 21.4 Å². The molecule has 0 radical (unpaired) electrons. The molecule has 1 aliphatic heterocycles. The van der Waals surface area contributed by atoms with Gasteiger partial charge in [-0.3, -0.25) is 4.79 Å². The van der Waals surface area contributed by atoms with Crippen molar-refractivity contribution >= 4 is 21.6 Å². The highest BCUT2D eigenvalue weighted by Crippen LogP contribution is 2.30. The zero-order valence-corrected chi connectivity index (χ0v) is 17.1. The maximum atomic E-state index is 12.5. The number of hydrogen-bond acceptors (Lipinski definition) is 5. The van der Waals surface area contributed by atoms with Crippen LogP contribution in [0.15, 0.2) is 77.7 Å². The Morgan fingerprint density at radius 2 is 1.70 bits per heavy atom. The molecule has 1 aliphatic rings. The van der Waals surface area contributed by atoms with E-state index in [0.29, 0.717) is 23.4 Å². The minimum atomic E-state index is -3.61. The summed E-state index contributed by atoms with van der Waals surface area (Å²) >= 11 is 0. The molecule has 0 saturated heterocycles. The first kappa shape index (κ1) is 19.9. The SMILES string of the molecule is COc1ccc(CNC(=O)c2ccc([C@H]3Nc4ccccc4S(=O)(=O)N3)cc2)cc1. The van der Waals surface area contributed by atoms with Gasteiger partial charge in [0.2, 0.25) is 10.0 Å². The van der Waals surface area contributed by atoms with E-state index in [2.05, 4.69) is 15.4 Å². The van der Waals surface area contributed by atoms with Gasteiger partial charge in [-0.25, -0.2) is 8.42 Å². The Morgan fingerprint density at radius 3 is 2.40 bits per heavy atom. The second kappa shape index (κ2) is 8.17. The average Bonchev–Trinajstić information content (AvgIpc) is 2.77. The molecule has 1 heterocycles. The summed E-state index contributed by atoms with van der Waals surface area (Å²) in [7, 11) is -2.01. The summed E-state index contributed by atoms with van der Waals surface area (Å²) in [4.78, 5) is 12.7. The van der Waals surface area contributed by atoms with E-state index in [1.807, 2.05) is 24.3 Å². The fourth-order valence-electron chi connectivity index (χ4n) is 3.23. The number of anilines is 1. The van der Waals surface area contributed by atoms with Gasteiger partial charge in [0.25, 0.3) is 5.91 Å². The Kier molecular flexibility index (Phi) is 5.43. The van der Waals surface area contributed by atoms with Gasteiger partial charge in [0.15, 0.2) is 0 Å². The van der Waals surface area contributed by atoms with Crippen molar-refractivity contribution in [1.82, 2.24) is 10.0 Å². The van der Waals surface area contributed by atoms with Gasteiger partial charge in [0, 0.05) is 12.1 Å². The van der Waals surface area contributed by atoms with Crippen LogP contribution in [0.5, 0.6) is 5.75 Å². The number of hydrogen-bond donors (Lipinski definition) is 3. The summed E-state index contributed by atoms with van der Waals surface area (Å²) < 4.78 is 32.7. The van der Waals surface area contributed by atoms with Gasteiger partial charge in [-0.15, -0.1) is 0 Å². The second-order valence-corrected chi connectivity index (χ2v) is 8.53. The van der Waals surface area contributed by atoms with Crippen LogP contribution in [0.4, 0.5) is 5.69 Å². The maximum Gasteiger partial charge on any atom is 0.251 e. The number of rotatable bonds is 5. The molecule has 3 aromatic carbocycles. The first-order valence-electron chi connectivity index (χ1n) is 9.35. The summed E-state index contributed by atoms with van der Waals surface area (Å²) in [6.07, 6.45) is -0.610. The summed E-state index contributed by atoms with van der Waals surface area (Å²) in [5, 5.41) is 6.04. The molecule has 4 rings (SSSR count). The van der Waals surface area contributed by atoms with Crippen molar-refractivity contribution in [3.8, 4) is 5.75 Å². The molecule has 1 amide bonds. The fraction of sp³-hybridized carbons (Fsp3) is 0.136. The summed E-state index contributed by atoms with van der Waals surface area (Å²) in [6.45, 7) is 0.394. The van der Waals surface area contributed by atoms with E-state index in [0.717, 1.165) is 11.3 Å². The fourth-order valence-corrected chi connectivity index (χ4v) is 4.54. The third-order valence-corrected chi connectivity index (χ3v) is 6.35. The monoisotopic (exact) mass is 423 g/mol. The van der Waals surface area contributed by atoms with Crippen molar-refractivity contribution in [2.45, 2.75) is 17.6 Å². The predicted octanol–water partition coefficient (Wildman–Crippen LogP) is 3.03. The quantitative estimate of drug-likeness (QED) is 0.586. The molecule has 7 nitrogen and oxygen atoms in total. The van der Waals surface area contributed by atoms with Crippen LogP contribution in [0.1, 0.15) is 27.7 Å². The molecule has 154 valence electrons. The lowest BCUT2D eigenvalue weighted by Gasteiger charge is -2.28. The van der Waals surface area contributed by atoms with E-state index < -0.39 is 16.2 Å². The molecular weight excluding hydrogens is 402 g/mol. The number of nitrogens with one attached hydrogen (secondary N) is 3. The number of carbonyl (C=O) groups is 1. The number of para-hydroxylation sites is 1. The van der Waals surface area contributed by atoms with Crippen molar-refractivity contribution in [3.05, 3.63) is 89.5 Å². The molecule has 0 fully saturated rings. The van der Waals surface area contributed by atoms with Gasteiger partial charge in [0.1, 0.15) is 16.8 Å². The molecule has 0 aromatic heterocycles. The first-order chi connectivity index (χ1) is 14.5. The van der Waals surface area contributed by atoms with Crippen molar-refractivity contribution in [1.29, 1.82) is 0 Å². The molecule has 0 spiro atoms. The standard InChI is InChI=1S/C22H21N3O4S/c1-29-18-12-6-15(7-13-18)14-23-22(26)17-10-8-16(9-11-17)21-24-19-4-2-3-5-20(19)30(27,28)25-21/h2-13,21,24-25H,14H2,1H3,(H,23,26)/t21-/m0/s1. The summed E-state index contributed by atoms with van der Waals surface area (Å²) in [6, 6.07) is 21.0. The zero-order valence-electron chi connectivity index (χ0n) is 16.3. The highest BCUT2D eigenvalue weighted by atomic mass is 32.2. The van der Waals surface area contributed by atoms with Crippen LogP contribution in [0.25, 0.3) is 0 Å². The molecule has 1 atom stereocenters. The normalized spacial score (nSPS) is 16.8. The number of fused-ring (bicyclic) bond motifs is 1. The van der Waals surface area contributed by atoms with Crippen LogP contribution >= 0.6 is 0 Å². The second-order valence-electron chi connectivity index (χ2n) is 6.85. The zero-order chi connectivity index (χ0) is 21.1. The Morgan fingerprint density at radius 1 is 1.00 bits per heavy atom. The van der Waals surface area contributed by atoms with Crippen LogP contribution in [0, 0.1) is 0 Å². The number of amides is 1. The Hall–Kier alpha value is -3.36. The summed E-state index contributed by atoms with van der Waals surface area (Å²) in [5.74, 6) is 0.551. The lowest BCUT2D eigenvalue weighted by atomic mass is 10.1. The third kappa shape index (κ3) is 4.14. The summed E-state index contributed by atoms with van der Waals surface area (Å²) in [5.41, 5.74) is 2.70. The highest BCUT2D eigenvalue weighted by Gasteiger charge is 2.29. The minimum absolute atomic E-state index is 0.208. The largest absolute Gasteiger partial charge is 0.497 e. The van der Waals surface area contributed by atoms with Gasteiger partial charge in [-0.1, -0.05) is 36.4 Å². The van der Waals surface area contributed by atoms with E-state index >= 15 is 0 Å². The van der Waals surface area contributed by atoms with E-state index in [-0.39, 0.29) is 10.8 Å². The van der Waals surface area contributed by atoms with Gasteiger partial charge in [-0.05, 0) is 47.5 Å². The van der Waals surface area contributed by atoms with E-state index in [9.17, 15) is 13.2 Å². The number of methoxy groups -OCH3 is 1. The number of sulfonamides is 1. The molecule has 0 aliphatic carbocycles. The molecule has 8 heteroatoms. The molecule has 0 saturated carbocycles. The van der Waals surface area contributed by atoms with Gasteiger partial charge in [-0.2, -0.15) is 4.72 Å². The van der Waals surface area contributed by atoms with E-state index in [1.165, 1.54) is 0 Å². The minimum Gasteiger partial charge on any atom is -0.497 e. The van der Waals surface area contributed by atoms with Crippen LogP contribution < -0.4 is 20.1 Å². The molecule has 30 heavy (non-hydrogen) atoms.